The fourth-order valence-electron chi connectivity index (χ4n) is 1.82. The molecule has 110 valence electrons. The zero-order valence-corrected chi connectivity index (χ0v) is 12.4. The quantitative estimate of drug-likeness (QED) is 0.774. The lowest BCUT2D eigenvalue weighted by atomic mass is 10.1. The summed E-state index contributed by atoms with van der Waals surface area (Å²) >= 11 is 5.98. The number of hydrogen-bond acceptors (Lipinski definition) is 3. The molecule has 0 atom stereocenters. The van der Waals surface area contributed by atoms with Crippen molar-refractivity contribution in [2.75, 3.05) is 7.11 Å². The van der Waals surface area contributed by atoms with Crippen LogP contribution in [0.5, 0.6) is 11.5 Å². The Morgan fingerprint density at radius 2 is 1.95 bits per heavy atom. The minimum Gasteiger partial charge on any atom is -0.493 e. The lowest BCUT2D eigenvalue weighted by Gasteiger charge is -2.12. The van der Waals surface area contributed by atoms with E-state index in [1.165, 1.54) is 32.2 Å². The van der Waals surface area contributed by atoms with Crippen LogP contribution in [0.3, 0.4) is 0 Å². The molecule has 0 unspecified atom stereocenters. The molecule has 21 heavy (non-hydrogen) atoms. The van der Waals surface area contributed by atoms with Crippen LogP contribution in [0.2, 0.25) is 5.02 Å². The molecule has 0 radical (unpaired) electrons. The second kappa shape index (κ2) is 6.59. The highest BCUT2D eigenvalue weighted by molar-refractivity contribution is 6.31. The Hall–Kier alpha value is -2.07. The number of rotatable bonds is 5. The molecule has 0 amide bonds. The Labute approximate surface area is 127 Å². The van der Waals surface area contributed by atoms with E-state index in [9.17, 15) is 9.18 Å². The molecule has 0 aliphatic rings. The number of hydrogen-bond donors (Lipinski definition) is 0. The first-order valence-electron chi connectivity index (χ1n) is 6.27. The smallest absolute Gasteiger partial charge is 0.161 e. The molecule has 5 heteroatoms. The first-order valence-corrected chi connectivity index (χ1v) is 6.64. The number of carbonyl (C=O) groups is 1. The van der Waals surface area contributed by atoms with Crippen LogP contribution in [0.4, 0.5) is 4.39 Å². The molecule has 0 aliphatic carbocycles. The van der Waals surface area contributed by atoms with Gasteiger partial charge in [-0.05, 0) is 43.3 Å². The van der Waals surface area contributed by atoms with Crippen LogP contribution in [-0.2, 0) is 6.61 Å². The molecule has 0 bridgehead atoms. The normalized spacial score (nSPS) is 10.3. The molecule has 2 aromatic carbocycles. The van der Waals surface area contributed by atoms with Gasteiger partial charge in [0.25, 0.3) is 0 Å². The fraction of sp³-hybridized carbons (Fsp3) is 0.188. The molecule has 0 heterocycles. The number of benzene rings is 2. The highest BCUT2D eigenvalue weighted by Crippen LogP contribution is 2.29. The van der Waals surface area contributed by atoms with Gasteiger partial charge in [0.15, 0.2) is 17.3 Å². The van der Waals surface area contributed by atoms with Crippen LogP contribution in [0.15, 0.2) is 36.4 Å². The zero-order chi connectivity index (χ0) is 15.4. The fourth-order valence-corrected chi connectivity index (χ4v) is 1.99. The highest BCUT2D eigenvalue weighted by atomic mass is 35.5. The van der Waals surface area contributed by atoms with E-state index in [4.69, 9.17) is 21.1 Å². The van der Waals surface area contributed by atoms with Crippen LogP contribution >= 0.6 is 11.6 Å². The molecule has 3 nitrogen and oxygen atoms in total. The van der Waals surface area contributed by atoms with Crippen molar-refractivity contribution in [2.24, 2.45) is 0 Å². The molecule has 0 N–H and O–H groups in total. The van der Waals surface area contributed by atoms with Crippen molar-refractivity contribution in [3.8, 4) is 11.5 Å². The number of ether oxygens (including phenoxy) is 2. The van der Waals surface area contributed by atoms with E-state index >= 15 is 0 Å². The Morgan fingerprint density at radius 1 is 1.19 bits per heavy atom. The summed E-state index contributed by atoms with van der Waals surface area (Å²) in [6.45, 7) is 1.58. The van der Waals surface area contributed by atoms with E-state index in [1.807, 2.05) is 0 Å². The van der Waals surface area contributed by atoms with E-state index in [2.05, 4.69) is 0 Å². The summed E-state index contributed by atoms with van der Waals surface area (Å²) < 4.78 is 24.0. The average molecular weight is 309 g/mol. The van der Waals surface area contributed by atoms with E-state index < -0.39 is 0 Å². The number of ketones is 1. The first kappa shape index (κ1) is 15.3. The Balaban J connectivity index is 2.19. The van der Waals surface area contributed by atoms with Crippen LogP contribution < -0.4 is 9.47 Å². The van der Waals surface area contributed by atoms with Gasteiger partial charge in [0.05, 0.1) is 7.11 Å². The third-order valence-corrected chi connectivity index (χ3v) is 3.33. The van der Waals surface area contributed by atoms with Crippen molar-refractivity contribution >= 4 is 17.4 Å². The number of methoxy groups -OCH3 is 1. The first-order chi connectivity index (χ1) is 10.0. The van der Waals surface area contributed by atoms with Crippen molar-refractivity contribution < 1.29 is 18.7 Å². The number of carbonyl (C=O) groups excluding carboxylic acids is 1. The molecule has 0 fully saturated rings. The largest absolute Gasteiger partial charge is 0.493 e. The van der Waals surface area contributed by atoms with Gasteiger partial charge >= 0.3 is 0 Å². The topological polar surface area (TPSA) is 35.5 Å². The molecule has 0 saturated carbocycles. The Morgan fingerprint density at radius 3 is 2.62 bits per heavy atom. The van der Waals surface area contributed by atoms with E-state index in [1.54, 1.807) is 18.2 Å². The number of halogens is 2. The summed E-state index contributed by atoms with van der Waals surface area (Å²) in [5.41, 5.74) is 1.07. The maximum atomic E-state index is 13.2. The van der Waals surface area contributed by atoms with E-state index in [-0.39, 0.29) is 18.2 Å². The monoisotopic (exact) mass is 308 g/mol. The number of Topliss-reactive ketones (excluding diaryl/α,β-unsaturated/α-hetero) is 1. The summed E-state index contributed by atoms with van der Waals surface area (Å²) in [6.07, 6.45) is 0. The maximum Gasteiger partial charge on any atom is 0.161 e. The van der Waals surface area contributed by atoms with Gasteiger partial charge in [-0.1, -0.05) is 11.6 Å². The second-order valence-electron chi connectivity index (χ2n) is 4.45. The van der Waals surface area contributed by atoms with Crippen molar-refractivity contribution in [1.29, 1.82) is 0 Å². The van der Waals surface area contributed by atoms with Gasteiger partial charge in [-0.15, -0.1) is 0 Å². The van der Waals surface area contributed by atoms with Crippen molar-refractivity contribution in [3.63, 3.8) is 0 Å². The lowest BCUT2D eigenvalue weighted by molar-refractivity contribution is 0.101. The molecule has 0 aliphatic heterocycles. The summed E-state index contributed by atoms with van der Waals surface area (Å²) in [7, 11) is 1.49. The van der Waals surface area contributed by atoms with Crippen molar-refractivity contribution in [1.82, 2.24) is 0 Å². The Kier molecular flexibility index (Phi) is 4.81. The second-order valence-corrected chi connectivity index (χ2v) is 4.85. The standard InChI is InChI=1S/C16H14ClFO3/c1-10(19)11-3-6-15(16(8-11)20-2)21-9-12-7-13(18)4-5-14(12)17/h3-8H,9H2,1-2H3. The third-order valence-electron chi connectivity index (χ3n) is 2.96. The molecule has 0 saturated heterocycles. The van der Waals surface area contributed by atoms with Crippen LogP contribution in [0.1, 0.15) is 22.8 Å². The summed E-state index contributed by atoms with van der Waals surface area (Å²) in [6, 6.07) is 8.97. The SMILES string of the molecule is COc1cc(C(C)=O)ccc1OCc1cc(F)ccc1Cl. The van der Waals surface area contributed by atoms with Crippen LogP contribution in [-0.4, -0.2) is 12.9 Å². The molecule has 2 aromatic rings. The predicted molar refractivity (Wildman–Crippen MR) is 78.7 cm³/mol. The third kappa shape index (κ3) is 3.73. The average Bonchev–Trinajstić information content (AvgIpc) is 2.47. The van der Waals surface area contributed by atoms with Gasteiger partial charge in [-0.3, -0.25) is 4.79 Å². The van der Waals surface area contributed by atoms with E-state index in [0.29, 0.717) is 27.6 Å². The molecule has 0 aromatic heterocycles. The summed E-state index contributed by atoms with van der Waals surface area (Å²) in [5, 5.41) is 0.427. The Bertz CT molecular complexity index is 671. The van der Waals surface area contributed by atoms with Gasteiger partial charge in [-0.2, -0.15) is 0 Å². The van der Waals surface area contributed by atoms with Gasteiger partial charge in [-0.25, -0.2) is 4.39 Å². The summed E-state index contributed by atoms with van der Waals surface area (Å²) in [4.78, 5) is 11.3. The molecular formula is C16H14ClFO3. The van der Waals surface area contributed by atoms with Crippen molar-refractivity contribution in [2.45, 2.75) is 13.5 Å². The maximum absolute atomic E-state index is 13.2. The molecule has 0 spiro atoms. The van der Waals surface area contributed by atoms with Gasteiger partial charge in [0.1, 0.15) is 12.4 Å². The van der Waals surface area contributed by atoms with Gasteiger partial charge in [0, 0.05) is 16.1 Å². The highest BCUT2D eigenvalue weighted by Gasteiger charge is 2.10. The van der Waals surface area contributed by atoms with Crippen LogP contribution in [0, 0.1) is 5.82 Å². The lowest BCUT2D eigenvalue weighted by Crippen LogP contribution is -2.00. The van der Waals surface area contributed by atoms with E-state index in [0.717, 1.165) is 0 Å². The van der Waals surface area contributed by atoms with Gasteiger partial charge in [0.2, 0.25) is 0 Å². The molecule has 2 rings (SSSR count). The minimum atomic E-state index is -0.378. The minimum absolute atomic E-state index is 0.0620. The van der Waals surface area contributed by atoms with Crippen LogP contribution in [0.25, 0.3) is 0 Å². The van der Waals surface area contributed by atoms with Crippen molar-refractivity contribution in [3.05, 3.63) is 58.4 Å². The zero-order valence-electron chi connectivity index (χ0n) is 11.7. The van der Waals surface area contributed by atoms with Gasteiger partial charge < -0.3 is 9.47 Å². The predicted octanol–water partition coefficient (Wildman–Crippen LogP) is 4.27. The summed E-state index contributed by atoms with van der Waals surface area (Å²) in [5.74, 6) is 0.461. The molecular weight excluding hydrogens is 295 g/mol.